The number of aromatic amines is 1. The van der Waals surface area contributed by atoms with Gasteiger partial charge in [0, 0.05) is 22.9 Å². The number of rotatable bonds is 2. The van der Waals surface area contributed by atoms with E-state index in [1.807, 2.05) is 19.1 Å². The maximum Gasteiger partial charge on any atom is 0.261 e. The number of carbonyl (C=O) groups is 1. The Morgan fingerprint density at radius 3 is 2.83 bits per heavy atom. The van der Waals surface area contributed by atoms with E-state index in [4.69, 9.17) is 0 Å². The van der Waals surface area contributed by atoms with Gasteiger partial charge in [-0.25, -0.2) is 0 Å². The van der Waals surface area contributed by atoms with Crippen LogP contribution in [0.15, 0.2) is 45.9 Å². The van der Waals surface area contributed by atoms with Crippen LogP contribution in [0, 0.1) is 6.92 Å². The summed E-state index contributed by atoms with van der Waals surface area (Å²) < 4.78 is 0.811. The molecule has 1 aromatic heterocycles. The molecule has 1 aromatic carbocycles. The lowest BCUT2D eigenvalue weighted by Crippen LogP contribution is -2.21. The van der Waals surface area contributed by atoms with Gasteiger partial charge in [0.2, 0.25) is 0 Å². The van der Waals surface area contributed by atoms with Gasteiger partial charge in [-0.05, 0) is 34.5 Å². The predicted octanol–water partition coefficient (Wildman–Crippen LogP) is 2.70. The minimum atomic E-state index is -0.428. The van der Waals surface area contributed by atoms with Crippen molar-refractivity contribution in [1.29, 1.82) is 0 Å². The van der Waals surface area contributed by atoms with Gasteiger partial charge in [0.15, 0.2) is 5.43 Å². The van der Waals surface area contributed by atoms with Crippen molar-refractivity contribution in [3.8, 4) is 0 Å². The van der Waals surface area contributed by atoms with Crippen LogP contribution in [0.4, 0.5) is 5.69 Å². The summed E-state index contributed by atoms with van der Waals surface area (Å²) in [6.07, 6.45) is 2.88. The second-order valence-corrected chi connectivity index (χ2v) is 4.61. The Morgan fingerprint density at radius 1 is 1.33 bits per heavy atom. The topological polar surface area (TPSA) is 62.0 Å². The summed E-state index contributed by atoms with van der Waals surface area (Å²) in [5, 5.41) is 2.70. The summed E-state index contributed by atoms with van der Waals surface area (Å²) in [5.41, 5.74) is 1.43. The van der Waals surface area contributed by atoms with Crippen LogP contribution in [0.5, 0.6) is 0 Å². The predicted molar refractivity (Wildman–Crippen MR) is 73.9 cm³/mol. The molecule has 1 amide bonds. The van der Waals surface area contributed by atoms with E-state index in [0.717, 1.165) is 10.0 Å². The number of carbonyl (C=O) groups excluding carboxylic acids is 1. The van der Waals surface area contributed by atoms with Crippen LogP contribution >= 0.6 is 15.9 Å². The van der Waals surface area contributed by atoms with Crippen molar-refractivity contribution >= 4 is 27.5 Å². The zero-order valence-corrected chi connectivity index (χ0v) is 11.2. The summed E-state index contributed by atoms with van der Waals surface area (Å²) in [6.45, 7) is 1.93. The van der Waals surface area contributed by atoms with Crippen LogP contribution in [-0.2, 0) is 0 Å². The number of amides is 1. The number of benzene rings is 1. The molecular weight excluding hydrogens is 296 g/mol. The van der Waals surface area contributed by atoms with Crippen LogP contribution in [-0.4, -0.2) is 10.9 Å². The molecule has 0 bridgehead atoms. The first kappa shape index (κ1) is 12.6. The van der Waals surface area contributed by atoms with Crippen molar-refractivity contribution < 1.29 is 4.79 Å². The summed E-state index contributed by atoms with van der Waals surface area (Å²) in [6, 6.07) is 6.85. The second-order valence-electron chi connectivity index (χ2n) is 3.81. The van der Waals surface area contributed by atoms with Crippen molar-refractivity contribution in [1.82, 2.24) is 4.98 Å². The Labute approximate surface area is 112 Å². The van der Waals surface area contributed by atoms with E-state index in [0.29, 0.717) is 5.69 Å². The van der Waals surface area contributed by atoms with Crippen molar-refractivity contribution in [2.24, 2.45) is 0 Å². The van der Waals surface area contributed by atoms with Gasteiger partial charge in [0.1, 0.15) is 5.56 Å². The van der Waals surface area contributed by atoms with E-state index >= 15 is 0 Å². The highest BCUT2D eigenvalue weighted by Gasteiger charge is 2.11. The average molecular weight is 307 g/mol. The van der Waals surface area contributed by atoms with Crippen molar-refractivity contribution in [2.75, 3.05) is 5.32 Å². The number of aryl methyl sites for hydroxylation is 1. The zero-order chi connectivity index (χ0) is 13.1. The second kappa shape index (κ2) is 5.18. The number of aromatic nitrogens is 1. The molecule has 5 heteroatoms. The maximum atomic E-state index is 11.9. The summed E-state index contributed by atoms with van der Waals surface area (Å²) in [4.78, 5) is 26.2. The highest BCUT2D eigenvalue weighted by molar-refractivity contribution is 9.10. The SMILES string of the molecule is Cc1cccc(NC(=O)c2c[nH]ccc2=O)c1Br. The number of hydrogen-bond donors (Lipinski definition) is 2. The van der Waals surface area contributed by atoms with Gasteiger partial charge < -0.3 is 10.3 Å². The lowest BCUT2D eigenvalue weighted by Gasteiger charge is -2.08. The smallest absolute Gasteiger partial charge is 0.261 e. The summed E-state index contributed by atoms with van der Waals surface area (Å²) >= 11 is 3.40. The van der Waals surface area contributed by atoms with E-state index < -0.39 is 5.91 Å². The number of halogens is 1. The van der Waals surface area contributed by atoms with E-state index in [-0.39, 0.29) is 11.0 Å². The Balaban J connectivity index is 2.30. The van der Waals surface area contributed by atoms with Crippen molar-refractivity contribution in [3.63, 3.8) is 0 Å². The van der Waals surface area contributed by atoms with Crippen LogP contribution in [0.25, 0.3) is 0 Å². The van der Waals surface area contributed by atoms with E-state index in [9.17, 15) is 9.59 Å². The monoisotopic (exact) mass is 306 g/mol. The number of hydrogen-bond acceptors (Lipinski definition) is 2. The van der Waals surface area contributed by atoms with Gasteiger partial charge in [0.25, 0.3) is 5.91 Å². The molecule has 2 rings (SSSR count). The summed E-state index contributed by atoms with van der Waals surface area (Å²) in [7, 11) is 0. The fourth-order valence-corrected chi connectivity index (χ4v) is 1.89. The van der Waals surface area contributed by atoms with E-state index in [1.165, 1.54) is 18.5 Å². The zero-order valence-electron chi connectivity index (χ0n) is 9.66. The molecular formula is C13H11BrN2O2. The number of pyridine rings is 1. The molecule has 0 atom stereocenters. The quantitative estimate of drug-likeness (QED) is 0.896. The highest BCUT2D eigenvalue weighted by atomic mass is 79.9. The Morgan fingerprint density at radius 2 is 2.11 bits per heavy atom. The molecule has 0 aliphatic rings. The fourth-order valence-electron chi connectivity index (χ4n) is 1.53. The first-order valence-electron chi connectivity index (χ1n) is 5.33. The molecule has 0 unspecified atom stereocenters. The first-order chi connectivity index (χ1) is 8.59. The van der Waals surface area contributed by atoms with Crippen LogP contribution in [0.1, 0.15) is 15.9 Å². The van der Waals surface area contributed by atoms with Gasteiger partial charge in [-0.3, -0.25) is 9.59 Å². The molecule has 0 saturated carbocycles. The van der Waals surface area contributed by atoms with Crippen molar-refractivity contribution in [3.05, 3.63) is 62.5 Å². The molecule has 2 N–H and O–H groups in total. The third kappa shape index (κ3) is 2.51. The molecule has 0 saturated heterocycles. The fraction of sp³-hybridized carbons (Fsp3) is 0.0769. The molecule has 0 radical (unpaired) electrons. The Bertz CT molecular complexity index is 649. The minimum absolute atomic E-state index is 0.0888. The third-order valence-electron chi connectivity index (χ3n) is 2.51. The average Bonchev–Trinajstić information content (AvgIpc) is 2.35. The van der Waals surface area contributed by atoms with E-state index in [2.05, 4.69) is 26.2 Å². The van der Waals surface area contributed by atoms with Crippen LogP contribution < -0.4 is 10.7 Å². The largest absolute Gasteiger partial charge is 0.367 e. The third-order valence-corrected chi connectivity index (χ3v) is 3.56. The lowest BCUT2D eigenvalue weighted by atomic mass is 10.2. The highest BCUT2D eigenvalue weighted by Crippen LogP contribution is 2.25. The molecule has 18 heavy (non-hydrogen) atoms. The van der Waals surface area contributed by atoms with E-state index in [1.54, 1.807) is 6.07 Å². The Hall–Kier alpha value is -1.88. The normalized spacial score (nSPS) is 10.1. The van der Waals surface area contributed by atoms with Crippen molar-refractivity contribution in [2.45, 2.75) is 6.92 Å². The molecule has 2 aromatic rings. The molecule has 4 nitrogen and oxygen atoms in total. The molecule has 0 fully saturated rings. The molecule has 0 aliphatic carbocycles. The Kier molecular flexibility index (Phi) is 3.62. The van der Waals surface area contributed by atoms with Gasteiger partial charge in [-0.1, -0.05) is 12.1 Å². The summed E-state index contributed by atoms with van der Waals surface area (Å²) in [5.74, 6) is -0.428. The number of nitrogens with one attached hydrogen (secondary N) is 2. The molecule has 1 heterocycles. The van der Waals surface area contributed by atoms with Gasteiger partial charge >= 0.3 is 0 Å². The molecule has 0 spiro atoms. The van der Waals surface area contributed by atoms with Crippen LogP contribution in [0.3, 0.4) is 0 Å². The number of H-pyrrole nitrogens is 1. The molecule has 0 aliphatic heterocycles. The molecule has 92 valence electrons. The lowest BCUT2D eigenvalue weighted by molar-refractivity contribution is 0.102. The van der Waals surface area contributed by atoms with Gasteiger partial charge in [-0.2, -0.15) is 0 Å². The van der Waals surface area contributed by atoms with Gasteiger partial charge in [-0.15, -0.1) is 0 Å². The minimum Gasteiger partial charge on any atom is -0.367 e. The van der Waals surface area contributed by atoms with Gasteiger partial charge in [0.05, 0.1) is 5.69 Å². The first-order valence-corrected chi connectivity index (χ1v) is 6.12. The number of anilines is 1. The van der Waals surface area contributed by atoms with Crippen LogP contribution in [0.2, 0.25) is 0 Å². The standard InChI is InChI=1S/C13H11BrN2O2/c1-8-3-2-4-10(12(8)14)16-13(18)9-7-15-6-5-11(9)17/h2-7H,1H3,(H,15,17)(H,16,18). The maximum absolute atomic E-state index is 11.9.